The number of amidine groups is 1. The lowest BCUT2D eigenvalue weighted by Crippen LogP contribution is -2.34. The summed E-state index contributed by atoms with van der Waals surface area (Å²) in [5, 5.41) is 12.2. The molecular formula is C16H28N4O. The van der Waals surface area contributed by atoms with Crippen LogP contribution < -0.4 is 10.6 Å². The zero-order chi connectivity index (χ0) is 16.2. The van der Waals surface area contributed by atoms with E-state index in [1.807, 2.05) is 19.9 Å². The van der Waals surface area contributed by atoms with Crippen LogP contribution in [0.15, 0.2) is 11.2 Å². The van der Waals surface area contributed by atoms with Crippen molar-refractivity contribution in [1.82, 2.24) is 4.98 Å². The summed E-state index contributed by atoms with van der Waals surface area (Å²) >= 11 is 0. The first-order valence-corrected chi connectivity index (χ1v) is 7.47. The van der Waals surface area contributed by atoms with E-state index in [4.69, 9.17) is 10.9 Å². The van der Waals surface area contributed by atoms with Gasteiger partial charge < -0.3 is 15.8 Å². The maximum atomic E-state index is 9.07. The van der Waals surface area contributed by atoms with Gasteiger partial charge in [0.05, 0.1) is 5.56 Å². The van der Waals surface area contributed by atoms with Gasteiger partial charge in [0.25, 0.3) is 0 Å². The predicted molar refractivity (Wildman–Crippen MR) is 88.1 cm³/mol. The van der Waals surface area contributed by atoms with Gasteiger partial charge in [0.15, 0.2) is 5.84 Å². The van der Waals surface area contributed by atoms with Gasteiger partial charge in [-0.15, -0.1) is 0 Å². The highest BCUT2D eigenvalue weighted by atomic mass is 16.4. The van der Waals surface area contributed by atoms with Crippen LogP contribution in [0.25, 0.3) is 0 Å². The van der Waals surface area contributed by atoms with Crippen LogP contribution in [0.2, 0.25) is 0 Å². The van der Waals surface area contributed by atoms with Crippen LogP contribution in [-0.4, -0.2) is 29.1 Å². The first-order chi connectivity index (χ1) is 9.76. The van der Waals surface area contributed by atoms with E-state index in [1.54, 1.807) is 0 Å². The Morgan fingerprint density at radius 2 is 1.76 bits per heavy atom. The highest BCUT2D eigenvalue weighted by Crippen LogP contribution is 2.24. The van der Waals surface area contributed by atoms with E-state index in [0.717, 1.165) is 35.7 Å². The summed E-state index contributed by atoms with van der Waals surface area (Å²) in [7, 11) is 0. The molecule has 0 atom stereocenters. The van der Waals surface area contributed by atoms with Gasteiger partial charge in [0, 0.05) is 18.8 Å². The van der Waals surface area contributed by atoms with E-state index in [9.17, 15) is 0 Å². The molecule has 1 rings (SSSR count). The van der Waals surface area contributed by atoms with Crippen molar-refractivity contribution in [3.8, 4) is 0 Å². The smallest absolute Gasteiger partial charge is 0.174 e. The summed E-state index contributed by atoms with van der Waals surface area (Å²) < 4.78 is 0. The molecule has 0 aliphatic heterocycles. The Balaban J connectivity index is 3.40. The molecule has 0 unspecified atom stereocenters. The third-order valence-electron chi connectivity index (χ3n) is 3.16. The molecule has 0 radical (unpaired) electrons. The molecule has 0 saturated carbocycles. The zero-order valence-electron chi connectivity index (χ0n) is 14.0. The van der Waals surface area contributed by atoms with E-state index in [1.165, 1.54) is 0 Å². The number of anilines is 1. The number of aryl methyl sites for hydroxylation is 2. The minimum Gasteiger partial charge on any atom is -0.409 e. The lowest BCUT2D eigenvalue weighted by Gasteiger charge is -2.30. The van der Waals surface area contributed by atoms with Gasteiger partial charge in [-0.2, -0.15) is 0 Å². The molecule has 1 heterocycles. The van der Waals surface area contributed by atoms with Crippen molar-refractivity contribution in [2.24, 2.45) is 22.7 Å². The third kappa shape index (κ3) is 4.62. The molecule has 0 amide bonds. The number of aromatic nitrogens is 1. The van der Waals surface area contributed by atoms with Gasteiger partial charge in [-0.1, -0.05) is 32.9 Å². The van der Waals surface area contributed by atoms with Gasteiger partial charge in [-0.05, 0) is 37.3 Å². The monoisotopic (exact) mass is 292 g/mol. The van der Waals surface area contributed by atoms with E-state index in [2.05, 4.69) is 42.7 Å². The van der Waals surface area contributed by atoms with E-state index in [0.29, 0.717) is 11.8 Å². The zero-order valence-corrected chi connectivity index (χ0v) is 14.0. The number of nitrogens with zero attached hydrogens (tertiary/aromatic N) is 3. The quantitative estimate of drug-likeness (QED) is 0.366. The van der Waals surface area contributed by atoms with Crippen LogP contribution in [-0.2, 0) is 0 Å². The van der Waals surface area contributed by atoms with Crippen molar-refractivity contribution in [1.29, 1.82) is 0 Å². The number of oxime groups is 1. The molecule has 1 aromatic heterocycles. The van der Waals surface area contributed by atoms with Crippen LogP contribution in [0.5, 0.6) is 0 Å². The Bertz CT molecular complexity index is 499. The molecule has 21 heavy (non-hydrogen) atoms. The molecule has 3 N–H and O–H groups in total. The maximum Gasteiger partial charge on any atom is 0.174 e. The minimum absolute atomic E-state index is 0.118. The number of nitrogens with two attached hydrogens (primary N) is 1. The van der Waals surface area contributed by atoms with Crippen molar-refractivity contribution >= 4 is 11.7 Å². The molecule has 0 fully saturated rings. The Kier molecular flexibility index (Phi) is 6.00. The Morgan fingerprint density at radius 1 is 1.24 bits per heavy atom. The molecule has 0 aliphatic carbocycles. The molecule has 118 valence electrons. The Labute approximate surface area is 127 Å². The fourth-order valence-corrected chi connectivity index (χ4v) is 2.54. The highest BCUT2D eigenvalue weighted by Gasteiger charge is 2.20. The van der Waals surface area contributed by atoms with E-state index >= 15 is 0 Å². The lowest BCUT2D eigenvalue weighted by molar-refractivity contribution is 0.318. The van der Waals surface area contributed by atoms with Crippen LogP contribution in [0.3, 0.4) is 0 Å². The van der Waals surface area contributed by atoms with Crippen LogP contribution in [0.1, 0.15) is 44.5 Å². The van der Waals surface area contributed by atoms with Gasteiger partial charge >= 0.3 is 0 Å². The molecular weight excluding hydrogens is 264 g/mol. The molecule has 0 aliphatic rings. The summed E-state index contributed by atoms with van der Waals surface area (Å²) in [6.07, 6.45) is 0. The fraction of sp³-hybridized carbons (Fsp3) is 0.625. The summed E-state index contributed by atoms with van der Waals surface area (Å²) in [6.45, 7) is 14.4. The average Bonchev–Trinajstić information content (AvgIpc) is 2.35. The van der Waals surface area contributed by atoms with Crippen molar-refractivity contribution in [2.75, 3.05) is 18.0 Å². The second-order valence-electron chi connectivity index (χ2n) is 6.46. The van der Waals surface area contributed by atoms with Crippen LogP contribution in [0, 0.1) is 25.7 Å². The van der Waals surface area contributed by atoms with Crippen molar-refractivity contribution in [3.63, 3.8) is 0 Å². The molecule has 1 aromatic rings. The Morgan fingerprint density at radius 3 is 2.19 bits per heavy atom. The Hall–Kier alpha value is -1.78. The number of hydrogen-bond acceptors (Lipinski definition) is 4. The average molecular weight is 292 g/mol. The van der Waals surface area contributed by atoms with Crippen LogP contribution >= 0.6 is 0 Å². The first-order valence-electron chi connectivity index (χ1n) is 7.47. The molecule has 5 nitrogen and oxygen atoms in total. The van der Waals surface area contributed by atoms with Gasteiger partial charge in [-0.3, -0.25) is 0 Å². The number of pyridine rings is 1. The third-order valence-corrected chi connectivity index (χ3v) is 3.16. The van der Waals surface area contributed by atoms with Crippen LogP contribution in [0.4, 0.5) is 5.82 Å². The lowest BCUT2D eigenvalue weighted by atomic mass is 10.1. The predicted octanol–water partition coefficient (Wildman–Crippen LogP) is 2.91. The van der Waals surface area contributed by atoms with Crippen molar-refractivity contribution in [2.45, 2.75) is 41.5 Å². The van der Waals surface area contributed by atoms with Crippen molar-refractivity contribution in [3.05, 3.63) is 22.9 Å². The van der Waals surface area contributed by atoms with E-state index in [-0.39, 0.29) is 5.84 Å². The highest BCUT2D eigenvalue weighted by molar-refractivity contribution is 6.02. The second kappa shape index (κ2) is 7.29. The number of hydrogen-bond donors (Lipinski definition) is 2. The van der Waals surface area contributed by atoms with Gasteiger partial charge in [0.2, 0.25) is 0 Å². The maximum absolute atomic E-state index is 9.07. The summed E-state index contributed by atoms with van der Waals surface area (Å²) in [5.74, 6) is 1.94. The molecule has 0 bridgehead atoms. The first kappa shape index (κ1) is 17.3. The normalized spacial score (nSPS) is 12.3. The second-order valence-corrected chi connectivity index (χ2v) is 6.46. The fourth-order valence-electron chi connectivity index (χ4n) is 2.54. The SMILES string of the molecule is Cc1cc(C)c(/C(N)=N/O)c(N(CC(C)C)CC(C)C)n1. The van der Waals surface area contributed by atoms with Gasteiger partial charge in [0.1, 0.15) is 5.82 Å². The van der Waals surface area contributed by atoms with Crippen molar-refractivity contribution < 1.29 is 5.21 Å². The summed E-state index contributed by atoms with van der Waals surface area (Å²) in [5.41, 5.74) is 8.52. The summed E-state index contributed by atoms with van der Waals surface area (Å²) in [6, 6.07) is 1.96. The molecule has 0 aromatic carbocycles. The minimum atomic E-state index is 0.118. The summed E-state index contributed by atoms with van der Waals surface area (Å²) in [4.78, 5) is 6.90. The van der Waals surface area contributed by atoms with Gasteiger partial charge in [-0.25, -0.2) is 4.98 Å². The topological polar surface area (TPSA) is 74.7 Å². The number of rotatable bonds is 6. The van der Waals surface area contributed by atoms with E-state index < -0.39 is 0 Å². The largest absolute Gasteiger partial charge is 0.409 e. The molecule has 5 heteroatoms. The standard InChI is InChI=1S/C16H28N4O/c1-10(2)8-20(9-11(3)4)16-14(15(17)19-21)12(5)7-13(6)18-16/h7,10-11,21H,8-9H2,1-6H3,(H2,17,19). The molecule has 0 saturated heterocycles. The molecule has 0 spiro atoms.